The van der Waals surface area contributed by atoms with Crippen molar-refractivity contribution in [3.63, 3.8) is 0 Å². The van der Waals surface area contributed by atoms with Crippen molar-refractivity contribution in [3.05, 3.63) is 102 Å². The maximum absolute atomic E-state index is 13.0. The van der Waals surface area contributed by atoms with E-state index in [1.54, 1.807) is 55.0 Å². The van der Waals surface area contributed by atoms with Crippen LogP contribution in [0.15, 0.2) is 90.9 Å². The van der Waals surface area contributed by atoms with E-state index in [9.17, 15) is 14.4 Å². The number of anilines is 4. The first-order valence-corrected chi connectivity index (χ1v) is 13.3. The summed E-state index contributed by atoms with van der Waals surface area (Å²) in [6.45, 7) is 5.91. The van der Waals surface area contributed by atoms with Gasteiger partial charge in [-0.05, 0) is 78.9 Å². The van der Waals surface area contributed by atoms with Crippen LogP contribution in [0, 0.1) is 12.3 Å². The van der Waals surface area contributed by atoms with Gasteiger partial charge in [-0.15, -0.1) is 0 Å². The van der Waals surface area contributed by atoms with Gasteiger partial charge in [-0.25, -0.2) is 9.97 Å². The Hall–Kier alpha value is -5.18. The summed E-state index contributed by atoms with van der Waals surface area (Å²) in [5, 5.41) is 8.89. The largest absolute Gasteiger partial charge is 0.324 e. The third-order valence-electron chi connectivity index (χ3n) is 6.80. The van der Waals surface area contributed by atoms with E-state index in [1.165, 1.54) is 0 Å². The van der Waals surface area contributed by atoms with Crippen molar-refractivity contribution in [2.75, 3.05) is 16.0 Å². The average Bonchev–Trinajstić information content (AvgIpc) is 2.96. The molecule has 206 valence electrons. The highest BCUT2D eigenvalue weighted by Gasteiger charge is 2.29. The molecular weight excluding hydrogens is 516 g/mol. The first-order valence-electron chi connectivity index (χ1n) is 13.3. The van der Waals surface area contributed by atoms with Crippen LogP contribution in [0.25, 0.3) is 11.3 Å². The Labute approximate surface area is 238 Å². The van der Waals surface area contributed by atoms with E-state index in [0.717, 1.165) is 22.5 Å². The number of aryl methyl sites for hydroxylation is 1. The van der Waals surface area contributed by atoms with Crippen LogP contribution in [0.3, 0.4) is 0 Å². The molecule has 9 nitrogen and oxygen atoms in total. The third-order valence-corrected chi connectivity index (χ3v) is 6.80. The molecule has 0 aliphatic heterocycles. The fourth-order valence-corrected chi connectivity index (χ4v) is 4.54. The topological polar surface area (TPSA) is 126 Å². The van der Waals surface area contributed by atoms with Gasteiger partial charge >= 0.3 is 0 Å². The molecule has 2 amide bonds. The molecule has 41 heavy (non-hydrogen) atoms. The van der Waals surface area contributed by atoms with Gasteiger partial charge < -0.3 is 16.0 Å². The van der Waals surface area contributed by atoms with E-state index >= 15 is 0 Å². The van der Waals surface area contributed by atoms with Crippen LogP contribution in [0.5, 0.6) is 0 Å². The van der Waals surface area contributed by atoms with Crippen LogP contribution < -0.4 is 16.0 Å². The zero-order valence-corrected chi connectivity index (χ0v) is 23.1. The number of nitrogens with one attached hydrogen (secondary N) is 3. The maximum Gasteiger partial charge on any atom is 0.258 e. The summed E-state index contributed by atoms with van der Waals surface area (Å²) < 4.78 is 0. The summed E-state index contributed by atoms with van der Waals surface area (Å²) in [6, 6.07) is 17.7. The van der Waals surface area contributed by atoms with Crippen molar-refractivity contribution in [1.82, 2.24) is 15.0 Å². The minimum Gasteiger partial charge on any atom is -0.324 e. The Kier molecular flexibility index (Phi) is 7.69. The van der Waals surface area contributed by atoms with Crippen molar-refractivity contribution >= 4 is 40.6 Å². The van der Waals surface area contributed by atoms with Crippen molar-refractivity contribution in [3.8, 4) is 11.3 Å². The second-order valence-corrected chi connectivity index (χ2v) is 10.6. The summed E-state index contributed by atoms with van der Waals surface area (Å²) >= 11 is 0. The predicted octanol–water partition coefficient (Wildman–Crippen LogP) is 6.10. The molecule has 9 heteroatoms. The zero-order valence-electron chi connectivity index (χ0n) is 23.1. The van der Waals surface area contributed by atoms with Crippen LogP contribution in [0.4, 0.5) is 23.0 Å². The highest BCUT2D eigenvalue weighted by Crippen LogP contribution is 2.32. The number of nitrogens with zero attached hydrogens (tertiary/aromatic N) is 3. The molecule has 4 aromatic rings. The number of aromatic nitrogens is 3. The Balaban J connectivity index is 1.25. The molecule has 0 atom stereocenters. The summed E-state index contributed by atoms with van der Waals surface area (Å²) in [5.74, 6) is -0.520. The molecule has 3 N–H and O–H groups in total. The molecule has 0 fully saturated rings. The second kappa shape index (κ2) is 11.5. The lowest BCUT2D eigenvalue weighted by molar-refractivity contribution is -0.121. The quantitative estimate of drug-likeness (QED) is 0.239. The Bertz CT molecular complexity index is 1660. The van der Waals surface area contributed by atoms with Gasteiger partial charge in [-0.2, -0.15) is 0 Å². The molecule has 5 rings (SSSR count). The van der Waals surface area contributed by atoms with Gasteiger partial charge in [0.05, 0.1) is 11.3 Å². The predicted molar refractivity (Wildman–Crippen MR) is 159 cm³/mol. The SMILES string of the molecule is Cc1cc(NC(=O)c2cccc(NC(=O)C3=CC(C)(C)CCC3=O)c2)ccc1Nc1nccc(-c2cccnc2)n1. The van der Waals surface area contributed by atoms with Crippen LogP contribution in [0.1, 0.15) is 42.6 Å². The number of benzene rings is 2. The van der Waals surface area contributed by atoms with Crippen molar-refractivity contribution in [2.45, 2.75) is 33.6 Å². The van der Waals surface area contributed by atoms with E-state index in [-0.39, 0.29) is 22.7 Å². The molecule has 2 aromatic heterocycles. The molecule has 1 aliphatic rings. The summed E-state index contributed by atoms with van der Waals surface area (Å²) in [4.78, 5) is 51.2. The van der Waals surface area contributed by atoms with E-state index < -0.39 is 5.91 Å². The second-order valence-electron chi connectivity index (χ2n) is 10.6. The van der Waals surface area contributed by atoms with E-state index in [4.69, 9.17) is 0 Å². The number of amides is 2. The van der Waals surface area contributed by atoms with Gasteiger partial charge in [-0.3, -0.25) is 19.4 Å². The Morgan fingerprint density at radius 1 is 0.902 bits per heavy atom. The van der Waals surface area contributed by atoms with E-state index in [2.05, 4.69) is 30.9 Å². The Morgan fingerprint density at radius 2 is 1.71 bits per heavy atom. The van der Waals surface area contributed by atoms with Crippen molar-refractivity contribution in [1.29, 1.82) is 0 Å². The van der Waals surface area contributed by atoms with Gasteiger partial charge in [-0.1, -0.05) is 26.0 Å². The lowest BCUT2D eigenvalue weighted by Crippen LogP contribution is -2.27. The lowest BCUT2D eigenvalue weighted by Gasteiger charge is -2.26. The van der Waals surface area contributed by atoms with Crippen molar-refractivity contribution in [2.24, 2.45) is 5.41 Å². The molecule has 0 radical (unpaired) electrons. The van der Waals surface area contributed by atoms with Gasteiger partial charge in [0.25, 0.3) is 11.8 Å². The molecule has 2 heterocycles. The highest BCUT2D eigenvalue weighted by atomic mass is 16.2. The molecule has 2 aromatic carbocycles. The molecule has 0 bridgehead atoms. The number of carbonyl (C=O) groups excluding carboxylic acids is 3. The molecular formula is C32H30N6O3. The minimum atomic E-state index is -0.464. The highest BCUT2D eigenvalue weighted by molar-refractivity contribution is 6.24. The fraction of sp³-hybridized carbons (Fsp3) is 0.188. The Morgan fingerprint density at radius 3 is 2.49 bits per heavy atom. The maximum atomic E-state index is 13.0. The van der Waals surface area contributed by atoms with Crippen LogP contribution in [0.2, 0.25) is 0 Å². The molecule has 0 spiro atoms. The summed E-state index contributed by atoms with van der Waals surface area (Å²) in [5.41, 5.74) is 4.67. The number of rotatable bonds is 7. The van der Waals surface area contributed by atoms with Crippen molar-refractivity contribution < 1.29 is 14.4 Å². The van der Waals surface area contributed by atoms with E-state index in [1.807, 2.05) is 51.1 Å². The first-order chi connectivity index (χ1) is 19.7. The normalized spacial score (nSPS) is 14.1. The van der Waals surface area contributed by atoms with Gasteiger partial charge in [0.15, 0.2) is 5.78 Å². The average molecular weight is 547 g/mol. The standard InChI is InChI=1S/C32H30N6O3/c1-20-16-24(9-10-26(20)37-31-34-15-12-27(38-31)22-7-5-14-33-19-22)35-29(40)21-6-4-8-23(17-21)36-30(41)25-18-32(2,3)13-11-28(25)39/h4-10,12,14-19H,11,13H2,1-3H3,(H,35,40)(H,36,41)(H,34,37,38). The van der Waals surface area contributed by atoms with Crippen LogP contribution in [-0.2, 0) is 9.59 Å². The number of hydrogen-bond donors (Lipinski definition) is 3. The summed E-state index contributed by atoms with van der Waals surface area (Å²) in [6.07, 6.45) is 7.92. The number of ketones is 1. The first kappa shape index (κ1) is 27.4. The lowest BCUT2D eigenvalue weighted by atomic mass is 9.79. The summed E-state index contributed by atoms with van der Waals surface area (Å²) in [7, 11) is 0. The molecule has 0 unspecified atom stereocenters. The number of hydrogen-bond acceptors (Lipinski definition) is 7. The third kappa shape index (κ3) is 6.70. The number of pyridine rings is 1. The van der Waals surface area contributed by atoms with Crippen LogP contribution >= 0.6 is 0 Å². The zero-order chi connectivity index (χ0) is 29.0. The number of carbonyl (C=O) groups is 3. The number of Topliss-reactive ketones (excluding diaryl/α,β-unsaturated/α-hetero) is 1. The molecule has 0 saturated heterocycles. The van der Waals surface area contributed by atoms with Gasteiger partial charge in [0, 0.05) is 53.2 Å². The number of allylic oxidation sites excluding steroid dienone is 1. The van der Waals surface area contributed by atoms with E-state index in [0.29, 0.717) is 35.7 Å². The monoisotopic (exact) mass is 546 g/mol. The van der Waals surface area contributed by atoms with Gasteiger partial charge in [0.2, 0.25) is 5.95 Å². The fourth-order valence-electron chi connectivity index (χ4n) is 4.54. The van der Waals surface area contributed by atoms with Gasteiger partial charge in [0.1, 0.15) is 0 Å². The smallest absolute Gasteiger partial charge is 0.258 e. The minimum absolute atomic E-state index is 0.162. The molecule has 0 saturated carbocycles. The molecule has 1 aliphatic carbocycles. The van der Waals surface area contributed by atoms with Crippen LogP contribution in [-0.4, -0.2) is 32.5 Å².